The van der Waals surface area contributed by atoms with Crippen LogP contribution in [0.4, 0.5) is 0 Å². The minimum atomic E-state index is -1.15. The normalized spacial score (nSPS) is 56.5. The van der Waals surface area contributed by atoms with Crippen molar-refractivity contribution in [2.24, 2.45) is 0 Å². The summed E-state index contributed by atoms with van der Waals surface area (Å²) in [5.41, 5.74) is 0. The van der Waals surface area contributed by atoms with Gasteiger partial charge in [-0.05, 0) is 0 Å². The first kappa shape index (κ1) is 7.45. The maximum absolute atomic E-state index is 9.22. The van der Waals surface area contributed by atoms with Crippen LogP contribution in [0, 0.1) is 0 Å². The molecule has 11 heavy (non-hydrogen) atoms. The fourth-order valence-electron chi connectivity index (χ4n) is 1.38. The van der Waals surface area contributed by atoms with Gasteiger partial charge in [0.2, 0.25) is 0 Å². The van der Waals surface area contributed by atoms with Gasteiger partial charge in [-0.15, -0.1) is 0 Å². The van der Waals surface area contributed by atoms with Gasteiger partial charge in [0.15, 0.2) is 6.29 Å². The van der Waals surface area contributed by atoms with E-state index in [0.29, 0.717) is 0 Å². The van der Waals surface area contributed by atoms with E-state index in [1.165, 1.54) is 0 Å². The Kier molecular flexibility index (Phi) is 1.62. The second-order valence-corrected chi connectivity index (χ2v) is 2.85. The van der Waals surface area contributed by atoms with Crippen LogP contribution in [0.1, 0.15) is 0 Å². The Bertz CT molecular complexity index is 141. The minimum Gasteiger partial charge on any atom is -0.387 e. The smallest absolute Gasteiger partial charge is 0.186 e. The molecule has 2 aliphatic rings. The van der Waals surface area contributed by atoms with E-state index in [4.69, 9.17) is 14.6 Å². The number of hydrogen-bond acceptors (Lipinski definition) is 5. The molecule has 0 aromatic heterocycles. The van der Waals surface area contributed by atoms with Crippen LogP contribution in [-0.4, -0.2) is 52.6 Å². The first-order chi connectivity index (χ1) is 5.20. The van der Waals surface area contributed by atoms with Gasteiger partial charge in [-0.2, -0.15) is 0 Å². The monoisotopic (exact) mass is 168 g/mol. The van der Waals surface area contributed by atoms with Gasteiger partial charge in [-0.3, -0.25) is 0 Å². The van der Waals surface area contributed by atoms with E-state index in [1.54, 1.807) is 0 Å². The highest BCUT2D eigenvalue weighted by Crippen LogP contribution is 2.27. The molecule has 0 spiro atoms. The van der Waals surface area contributed by atoms with E-state index >= 15 is 0 Å². The van der Waals surface area contributed by atoms with E-state index < -0.39 is 30.7 Å². The minimum absolute atomic E-state index is 0.236. The molecule has 5 atom stereocenters. The van der Waals surface area contributed by atoms with Gasteiger partial charge in [0, 0.05) is 0 Å². The molecule has 0 radical (unpaired) electrons. The maximum atomic E-state index is 9.22. The lowest BCUT2D eigenvalue weighted by atomic mass is 11.0. The van der Waals surface area contributed by atoms with E-state index in [2.05, 4.69) is 0 Å². The van der Waals surface area contributed by atoms with E-state index in [-0.39, 0.29) is 6.61 Å². The molecular weight excluding hydrogens is 158 g/mol. The molecule has 0 saturated carbocycles. The Balaban J connectivity index is 2.16. The molecule has 5 nitrogen and oxygen atoms in total. The van der Waals surface area contributed by atoms with Crippen LogP contribution in [-0.2, 0) is 9.47 Å². The largest absolute Gasteiger partial charge is 0.387 e. The van der Waals surface area contributed by atoms with Crippen LogP contribution in [0.2, 0.25) is 0 Å². The highest BCUT2D eigenvalue weighted by atomic mass is 16.9. The Hall–Kier alpha value is -0.200. The summed E-state index contributed by atoms with van der Waals surface area (Å²) < 4.78 is 9.95. The number of ether oxygens (including phenoxy) is 2. The van der Waals surface area contributed by atoms with E-state index in [0.717, 1.165) is 0 Å². The molecule has 0 aromatic rings. The first-order valence-corrected chi connectivity index (χ1v) is 3.51. The molecule has 2 saturated heterocycles. The molecule has 3 N–H and O–H groups in total. The molecule has 0 aromatic carbocycles. The first-order valence-electron chi connectivity index (χ1n) is 3.51. The second-order valence-electron chi connectivity index (χ2n) is 2.85. The Morgan fingerprint density at radius 2 is 1.73 bits per heavy atom. The third-order valence-corrected chi connectivity index (χ3v) is 2.09. The van der Waals surface area contributed by atoms with Crippen molar-refractivity contribution in [1.29, 1.82) is 0 Å². The lowest BCUT2D eigenvalue weighted by molar-refractivity contribution is -0.228. The Labute approximate surface area is 63.2 Å². The van der Waals surface area contributed by atoms with Crippen LogP contribution in [0.25, 0.3) is 0 Å². The van der Waals surface area contributed by atoms with Crippen LogP contribution >= 0.6 is 0 Å². The fraction of sp³-hybridized carbons (Fsp3) is 1.00. The number of aliphatic hydroxyl groups is 3. The quantitative estimate of drug-likeness (QED) is 0.358. The summed E-state index contributed by atoms with van der Waals surface area (Å²) in [6, 6.07) is 0. The van der Waals surface area contributed by atoms with E-state index in [9.17, 15) is 10.2 Å². The number of hydrogen-bond donors (Lipinski definition) is 3. The van der Waals surface area contributed by atoms with Crippen LogP contribution in [0.3, 0.4) is 0 Å². The summed E-state index contributed by atoms with van der Waals surface area (Å²) in [4.78, 5) is 0. The third-order valence-electron chi connectivity index (χ3n) is 2.09. The molecule has 64 valence electrons. The lowest BCUT2D eigenvalue weighted by Crippen LogP contribution is -2.53. The van der Waals surface area contributed by atoms with Crippen LogP contribution in [0.15, 0.2) is 0 Å². The molecule has 2 aliphatic heterocycles. The zero-order chi connectivity index (χ0) is 8.01. The average molecular weight is 168 g/mol. The summed E-state index contributed by atoms with van der Waals surface area (Å²) >= 11 is 0. The van der Waals surface area contributed by atoms with Crippen molar-refractivity contribution in [3.63, 3.8) is 0 Å². The summed E-state index contributed by atoms with van der Waals surface area (Å²) in [6.45, 7) is 0.236. The average Bonchev–Trinajstić information content (AvgIpc) is 2.44. The predicted octanol–water partition coefficient (Wildman–Crippen LogP) is -2.18. The molecule has 0 aliphatic carbocycles. The van der Waals surface area contributed by atoms with Gasteiger partial charge in [0.05, 0.1) is 6.61 Å². The predicted molar refractivity (Wildman–Crippen MR) is 32.6 cm³/mol. The standard InChI is InChI=1S/C6H10O5/c7-3-2-1-10-6(11-2)5(9)4(3)8/h2-9H,1H2/t2?,3-,4-,5?,6-/m1/s1/i1+1,2+1,3+1,4+1,5+1,6+1. The summed E-state index contributed by atoms with van der Waals surface area (Å²) in [6.07, 6.45) is -4.58. The van der Waals surface area contributed by atoms with Crippen molar-refractivity contribution in [3.8, 4) is 0 Å². The van der Waals surface area contributed by atoms with Gasteiger partial charge in [0.1, 0.15) is 24.4 Å². The van der Waals surface area contributed by atoms with Crippen molar-refractivity contribution >= 4 is 0 Å². The highest BCUT2D eigenvalue weighted by Gasteiger charge is 2.48. The Morgan fingerprint density at radius 3 is 2.45 bits per heavy atom. The van der Waals surface area contributed by atoms with Crippen molar-refractivity contribution < 1.29 is 24.8 Å². The molecule has 0 amide bonds. The van der Waals surface area contributed by atoms with Crippen molar-refractivity contribution in [1.82, 2.24) is 0 Å². The van der Waals surface area contributed by atoms with Crippen LogP contribution in [0.5, 0.6) is 0 Å². The third kappa shape index (κ3) is 0.969. The SMILES string of the molecule is O[13CH]1[13C@@H]2O[13CH2][13CH](O2)[13C@@H](O)[13C@H]1O. The summed E-state index contributed by atoms with van der Waals surface area (Å²) in [5.74, 6) is 0. The van der Waals surface area contributed by atoms with Gasteiger partial charge in [0.25, 0.3) is 0 Å². The van der Waals surface area contributed by atoms with Gasteiger partial charge in [-0.1, -0.05) is 0 Å². The summed E-state index contributed by atoms with van der Waals surface area (Å²) in [5, 5.41) is 27.6. The number of fused-ring (bicyclic) bond motifs is 2. The van der Waals surface area contributed by atoms with Gasteiger partial charge < -0.3 is 24.8 Å². The topological polar surface area (TPSA) is 79.2 Å². The highest BCUT2D eigenvalue weighted by molar-refractivity contribution is 4.92. The molecule has 2 heterocycles. The lowest BCUT2D eigenvalue weighted by Gasteiger charge is -2.32. The second kappa shape index (κ2) is 2.40. The van der Waals surface area contributed by atoms with Gasteiger partial charge >= 0.3 is 0 Å². The molecule has 5 heteroatoms. The Morgan fingerprint density at radius 1 is 1.00 bits per heavy atom. The zero-order valence-electron chi connectivity index (χ0n) is 5.75. The fourth-order valence-corrected chi connectivity index (χ4v) is 1.38. The number of aliphatic hydroxyl groups excluding tert-OH is 3. The van der Waals surface area contributed by atoms with Crippen molar-refractivity contribution in [2.45, 2.75) is 30.7 Å². The summed E-state index contributed by atoms with van der Waals surface area (Å²) in [7, 11) is 0. The van der Waals surface area contributed by atoms with Crippen LogP contribution < -0.4 is 0 Å². The zero-order valence-corrected chi connectivity index (χ0v) is 5.75. The number of rotatable bonds is 0. The molecule has 2 bridgehead atoms. The molecule has 2 fully saturated rings. The van der Waals surface area contributed by atoms with Gasteiger partial charge in [-0.25, -0.2) is 0 Å². The molecule has 2 rings (SSSR count). The van der Waals surface area contributed by atoms with Crippen molar-refractivity contribution in [2.75, 3.05) is 6.61 Å². The van der Waals surface area contributed by atoms with Crippen molar-refractivity contribution in [3.05, 3.63) is 0 Å². The molecule has 2 unspecified atom stereocenters. The van der Waals surface area contributed by atoms with E-state index in [1.807, 2.05) is 0 Å². The maximum Gasteiger partial charge on any atom is 0.186 e. The molecular formula is C6H10O5.